The highest BCUT2D eigenvalue weighted by Crippen LogP contribution is 2.28. The quantitative estimate of drug-likeness (QED) is 0.770. The smallest absolute Gasteiger partial charge is 0.124 e. The molecule has 0 heterocycles. The van der Waals surface area contributed by atoms with Gasteiger partial charge in [-0.3, -0.25) is 0 Å². The van der Waals surface area contributed by atoms with E-state index in [0.29, 0.717) is 11.1 Å². The van der Waals surface area contributed by atoms with Gasteiger partial charge in [-0.1, -0.05) is 11.6 Å². The molecule has 70 valence electrons. The zero-order valence-corrected chi connectivity index (χ0v) is 7.94. The number of nitrogens with one attached hydrogen (secondary N) is 1. The second kappa shape index (κ2) is 3.54. The van der Waals surface area contributed by atoms with Crippen LogP contribution in [0.5, 0.6) is 0 Å². The van der Waals surface area contributed by atoms with Crippen molar-refractivity contribution in [3.63, 3.8) is 0 Å². The van der Waals surface area contributed by atoms with Gasteiger partial charge in [0.05, 0.1) is 10.7 Å². The summed E-state index contributed by atoms with van der Waals surface area (Å²) in [5, 5.41) is 3.74. The highest BCUT2D eigenvalue weighted by atomic mass is 35.5. The Labute approximate surface area is 81.9 Å². The molecule has 0 radical (unpaired) electrons. The van der Waals surface area contributed by atoms with E-state index in [1.165, 1.54) is 31.4 Å². The van der Waals surface area contributed by atoms with E-state index in [2.05, 4.69) is 5.32 Å². The molecule has 1 fully saturated rings. The van der Waals surface area contributed by atoms with Crippen molar-refractivity contribution in [3.05, 3.63) is 29.0 Å². The molecule has 1 N–H and O–H groups in total. The predicted molar refractivity (Wildman–Crippen MR) is 52.7 cm³/mol. The summed E-state index contributed by atoms with van der Waals surface area (Å²) in [5.41, 5.74) is 0.841. The summed E-state index contributed by atoms with van der Waals surface area (Å²) >= 11 is 5.85. The van der Waals surface area contributed by atoms with Crippen molar-refractivity contribution < 1.29 is 4.39 Å². The summed E-state index contributed by atoms with van der Waals surface area (Å²) in [6, 6.07) is 4.98. The fourth-order valence-electron chi connectivity index (χ4n) is 1.38. The largest absolute Gasteiger partial charge is 0.381 e. The molecule has 0 aliphatic heterocycles. The number of benzene rings is 1. The first kappa shape index (κ1) is 8.82. The van der Waals surface area contributed by atoms with Gasteiger partial charge in [0, 0.05) is 6.04 Å². The first-order valence-electron chi connectivity index (χ1n) is 4.47. The highest BCUT2D eigenvalue weighted by Gasteiger charge is 2.17. The molecule has 0 saturated heterocycles. The van der Waals surface area contributed by atoms with E-state index >= 15 is 0 Å². The lowest BCUT2D eigenvalue weighted by molar-refractivity contribution is 0.445. The number of hydrogen-bond donors (Lipinski definition) is 1. The van der Waals surface area contributed by atoms with Crippen LogP contribution in [0.15, 0.2) is 18.2 Å². The summed E-state index contributed by atoms with van der Waals surface area (Å²) in [6.07, 6.45) is 3.65. The van der Waals surface area contributed by atoms with Crippen LogP contribution in [-0.2, 0) is 0 Å². The molecule has 1 nitrogen and oxygen atoms in total. The standard InChI is InChI=1S/C10H11ClFN/c11-9-6-7(12)4-5-10(9)13-8-2-1-3-8/h4-6,8,13H,1-3H2. The topological polar surface area (TPSA) is 12.0 Å². The summed E-state index contributed by atoms with van der Waals surface area (Å²) in [5.74, 6) is -0.288. The van der Waals surface area contributed by atoms with Crippen LogP contribution in [-0.4, -0.2) is 6.04 Å². The van der Waals surface area contributed by atoms with Gasteiger partial charge >= 0.3 is 0 Å². The maximum atomic E-state index is 12.7. The Morgan fingerprint density at radius 3 is 2.69 bits per heavy atom. The van der Waals surface area contributed by atoms with Crippen molar-refractivity contribution in [1.82, 2.24) is 0 Å². The Morgan fingerprint density at radius 2 is 2.15 bits per heavy atom. The van der Waals surface area contributed by atoms with Crippen LogP contribution in [0.25, 0.3) is 0 Å². The molecule has 0 atom stereocenters. The number of halogens is 2. The lowest BCUT2D eigenvalue weighted by Crippen LogP contribution is -2.27. The van der Waals surface area contributed by atoms with E-state index in [1.54, 1.807) is 6.07 Å². The number of anilines is 1. The molecule has 1 aliphatic rings. The minimum Gasteiger partial charge on any atom is -0.381 e. The third-order valence-corrected chi connectivity index (χ3v) is 2.71. The summed E-state index contributed by atoms with van der Waals surface area (Å²) < 4.78 is 12.7. The molecule has 1 saturated carbocycles. The monoisotopic (exact) mass is 199 g/mol. The molecule has 2 rings (SSSR count). The van der Waals surface area contributed by atoms with Gasteiger partial charge < -0.3 is 5.32 Å². The number of hydrogen-bond acceptors (Lipinski definition) is 1. The zero-order chi connectivity index (χ0) is 9.26. The zero-order valence-electron chi connectivity index (χ0n) is 7.19. The Bertz CT molecular complexity index is 310. The normalized spacial score (nSPS) is 16.8. The molecular formula is C10H11ClFN. The average molecular weight is 200 g/mol. The molecule has 0 amide bonds. The summed E-state index contributed by atoms with van der Waals surface area (Å²) in [4.78, 5) is 0. The van der Waals surface area contributed by atoms with E-state index in [1.807, 2.05) is 0 Å². The highest BCUT2D eigenvalue weighted by molar-refractivity contribution is 6.33. The summed E-state index contributed by atoms with van der Waals surface area (Å²) in [7, 11) is 0. The van der Waals surface area contributed by atoms with Crippen molar-refractivity contribution >= 4 is 17.3 Å². The molecule has 1 aliphatic carbocycles. The second-order valence-electron chi connectivity index (χ2n) is 3.40. The van der Waals surface area contributed by atoms with Crippen LogP contribution in [0, 0.1) is 5.82 Å². The third kappa shape index (κ3) is 1.94. The maximum absolute atomic E-state index is 12.7. The van der Waals surface area contributed by atoms with Crippen LogP contribution in [0.1, 0.15) is 19.3 Å². The van der Waals surface area contributed by atoms with E-state index in [9.17, 15) is 4.39 Å². The maximum Gasteiger partial charge on any atom is 0.124 e. The van der Waals surface area contributed by atoms with Gasteiger partial charge in [-0.25, -0.2) is 4.39 Å². The van der Waals surface area contributed by atoms with Crippen molar-refractivity contribution in [2.24, 2.45) is 0 Å². The van der Waals surface area contributed by atoms with E-state index in [-0.39, 0.29) is 5.82 Å². The molecule has 0 unspecified atom stereocenters. The molecule has 1 aromatic carbocycles. The molecule has 3 heteroatoms. The lowest BCUT2D eigenvalue weighted by atomic mass is 9.93. The Morgan fingerprint density at radius 1 is 1.38 bits per heavy atom. The fraction of sp³-hybridized carbons (Fsp3) is 0.400. The van der Waals surface area contributed by atoms with Gasteiger partial charge in [0.15, 0.2) is 0 Å². The van der Waals surface area contributed by atoms with Crippen molar-refractivity contribution in [2.45, 2.75) is 25.3 Å². The first-order valence-corrected chi connectivity index (χ1v) is 4.85. The van der Waals surface area contributed by atoms with Gasteiger partial charge in [-0.2, -0.15) is 0 Å². The van der Waals surface area contributed by atoms with E-state index < -0.39 is 0 Å². The fourth-order valence-corrected chi connectivity index (χ4v) is 1.60. The van der Waals surface area contributed by atoms with Gasteiger partial charge in [-0.05, 0) is 37.5 Å². The SMILES string of the molecule is Fc1ccc(NC2CCC2)c(Cl)c1. The van der Waals surface area contributed by atoms with Crippen LogP contribution in [0.4, 0.5) is 10.1 Å². The molecule has 1 aromatic rings. The van der Waals surface area contributed by atoms with Crippen molar-refractivity contribution in [2.75, 3.05) is 5.32 Å². The second-order valence-corrected chi connectivity index (χ2v) is 3.80. The predicted octanol–water partition coefficient (Wildman–Crippen LogP) is 3.44. The van der Waals surface area contributed by atoms with Gasteiger partial charge in [0.25, 0.3) is 0 Å². The first-order chi connectivity index (χ1) is 6.25. The summed E-state index contributed by atoms with van der Waals surface area (Å²) in [6.45, 7) is 0. The molecule has 0 spiro atoms. The van der Waals surface area contributed by atoms with Crippen molar-refractivity contribution in [1.29, 1.82) is 0 Å². The Kier molecular flexibility index (Phi) is 2.40. The lowest BCUT2D eigenvalue weighted by Gasteiger charge is -2.27. The van der Waals surface area contributed by atoms with Gasteiger partial charge in [0.2, 0.25) is 0 Å². The average Bonchev–Trinajstić information content (AvgIpc) is 1.99. The minimum atomic E-state index is -0.288. The molecule has 13 heavy (non-hydrogen) atoms. The van der Waals surface area contributed by atoms with Gasteiger partial charge in [-0.15, -0.1) is 0 Å². The third-order valence-electron chi connectivity index (χ3n) is 2.40. The van der Waals surface area contributed by atoms with Crippen LogP contribution in [0.3, 0.4) is 0 Å². The molecule has 0 aromatic heterocycles. The van der Waals surface area contributed by atoms with Gasteiger partial charge in [0.1, 0.15) is 5.82 Å². The Balaban J connectivity index is 2.10. The Hall–Kier alpha value is -0.760. The van der Waals surface area contributed by atoms with E-state index in [0.717, 1.165) is 5.69 Å². The van der Waals surface area contributed by atoms with Crippen LogP contribution >= 0.6 is 11.6 Å². The van der Waals surface area contributed by atoms with Crippen LogP contribution in [0.2, 0.25) is 5.02 Å². The number of rotatable bonds is 2. The van der Waals surface area contributed by atoms with Crippen molar-refractivity contribution in [3.8, 4) is 0 Å². The molecule has 0 bridgehead atoms. The minimum absolute atomic E-state index is 0.288. The van der Waals surface area contributed by atoms with E-state index in [4.69, 9.17) is 11.6 Å². The van der Waals surface area contributed by atoms with Crippen LogP contribution < -0.4 is 5.32 Å². The molecular weight excluding hydrogens is 189 g/mol.